The van der Waals surface area contributed by atoms with Crippen LogP contribution in [0.3, 0.4) is 0 Å². The van der Waals surface area contributed by atoms with E-state index in [0.717, 1.165) is 12.8 Å². The molecule has 1 rings (SSSR count). The molecule has 0 aromatic heterocycles. The van der Waals surface area contributed by atoms with Gasteiger partial charge in [-0.3, -0.25) is 0 Å². The summed E-state index contributed by atoms with van der Waals surface area (Å²) >= 11 is 0. The zero-order chi connectivity index (χ0) is 12.4. The molecule has 0 bridgehead atoms. The second-order valence-electron chi connectivity index (χ2n) is 6.29. The van der Waals surface area contributed by atoms with Gasteiger partial charge >= 0.3 is 0 Å². The van der Waals surface area contributed by atoms with Gasteiger partial charge in [0.15, 0.2) is 8.32 Å². The molecule has 16 heavy (non-hydrogen) atoms. The fraction of sp³-hybridized carbons (Fsp3) is 0.714. The molecule has 0 spiro atoms. The van der Waals surface area contributed by atoms with Crippen molar-refractivity contribution in [3.05, 3.63) is 24.8 Å². The number of allylic oxidation sites excluding steroid dienone is 2. The molecule has 0 fully saturated rings. The van der Waals surface area contributed by atoms with Gasteiger partial charge in [0.1, 0.15) is 0 Å². The molecule has 0 amide bonds. The maximum Gasteiger partial charge on any atom is 0.192 e. The van der Waals surface area contributed by atoms with Crippen molar-refractivity contribution in [2.24, 2.45) is 5.92 Å². The zero-order valence-electron chi connectivity index (χ0n) is 11.4. The van der Waals surface area contributed by atoms with E-state index in [1.165, 1.54) is 0 Å². The summed E-state index contributed by atoms with van der Waals surface area (Å²) in [6, 6.07) is 0. The second-order valence-corrected chi connectivity index (χ2v) is 11.0. The SMILES string of the molecule is C=CCC1CC=C[C@H]1O[Si](C)(C)C(C)(C)C. The van der Waals surface area contributed by atoms with Gasteiger partial charge in [-0.1, -0.05) is 39.0 Å². The zero-order valence-corrected chi connectivity index (χ0v) is 12.4. The van der Waals surface area contributed by atoms with Crippen molar-refractivity contribution in [3.63, 3.8) is 0 Å². The molecule has 2 atom stereocenters. The molecule has 92 valence electrons. The molecule has 1 aliphatic rings. The molecule has 1 aliphatic carbocycles. The van der Waals surface area contributed by atoms with Gasteiger partial charge in [0.05, 0.1) is 6.10 Å². The Hall–Kier alpha value is -0.343. The third-order valence-electron chi connectivity index (χ3n) is 3.94. The van der Waals surface area contributed by atoms with Gasteiger partial charge in [-0.2, -0.15) is 0 Å². The Morgan fingerprint density at radius 3 is 2.56 bits per heavy atom. The summed E-state index contributed by atoms with van der Waals surface area (Å²) in [5.74, 6) is 0.617. The summed E-state index contributed by atoms with van der Waals surface area (Å²) in [5, 5.41) is 0.294. The molecule has 2 heteroatoms. The Balaban J connectivity index is 2.66. The second kappa shape index (κ2) is 4.88. The monoisotopic (exact) mass is 238 g/mol. The lowest BCUT2D eigenvalue weighted by Gasteiger charge is -2.39. The average molecular weight is 238 g/mol. The summed E-state index contributed by atoms with van der Waals surface area (Å²) in [4.78, 5) is 0. The van der Waals surface area contributed by atoms with Crippen LogP contribution < -0.4 is 0 Å². The molecule has 0 aromatic rings. The predicted molar refractivity (Wildman–Crippen MR) is 74.1 cm³/mol. The van der Waals surface area contributed by atoms with Crippen molar-refractivity contribution in [1.82, 2.24) is 0 Å². The van der Waals surface area contributed by atoms with Crippen LogP contribution in [0.2, 0.25) is 18.1 Å². The number of hydrogen-bond donors (Lipinski definition) is 0. The van der Waals surface area contributed by atoms with E-state index in [2.05, 4.69) is 52.6 Å². The van der Waals surface area contributed by atoms with Gasteiger partial charge in [-0.15, -0.1) is 6.58 Å². The average Bonchev–Trinajstić information content (AvgIpc) is 2.51. The van der Waals surface area contributed by atoms with Crippen molar-refractivity contribution in [3.8, 4) is 0 Å². The van der Waals surface area contributed by atoms with Crippen LogP contribution in [-0.4, -0.2) is 14.4 Å². The lowest BCUT2D eigenvalue weighted by Crippen LogP contribution is -2.44. The predicted octanol–water partition coefficient (Wildman–Crippen LogP) is 4.53. The minimum atomic E-state index is -1.63. The highest BCUT2D eigenvalue weighted by molar-refractivity contribution is 6.74. The van der Waals surface area contributed by atoms with Crippen LogP contribution in [0.4, 0.5) is 0 Å². The highest BCUT2D eigenvalue weighted by atomic mass is 28.4. The van der Waals surface area contributed by atoms with E-state index in [9.17, 15) is 0 Å². The van der Waals surface area contributed by atoms with E-state index in [1.54, 1.807) is 0 Å². The quantitative estimate of drug-likeness (QED) is 0.516. The van der Waals surface area contributed by atoms with Crippen molar-refractivity contribution in [2.75, 3.05) is 0 Å². The first-order valence-corrected chi connectivity index (χ1v) is 9.14. The minimum absolute atomic E-state index is 0.294. The van der Waals surface area contributed by atoms with Gasteiger partial charge in [0.25, 0.3) is 0 Å². The summed E-state index contributed by atoms with van der Waals surface area (Å²) < 4.78 is 6.43. The molecule has 0 aromatic carbocycles. The van der Waals surface area contributed by atoms with E-state index in [4.69, 9.17) is 4.43 Å². The first kappa shape index (κ1) is 13.7. The lowest BCUT2D eigenvalue weighted by molar-refractivity contribution is 0.172. The molecular weight excluding hydrogens is 212 g/mol. The van der Waals surface area contributed by atoms with Crippen LogP contribution in [0.25, 0.3) is 0 Å². The molecule has 1 unspecified atom stereocenters. The van der Waals surface area contributed by atoms with Gasteiger partial charge in [0.2, 0.25) is 0 Å². The Morgan fingerprint density at radius 1 is 1.44 bits per heavy atom. The molecule has 1 nitrogen and oxygen atoms in total. The van der Waals surface area contributed by atoms with Crippen LogP contribution in [0.1, 0.15) is 33.6 Å². The molecule has 0 saturated heterocycles. The molecule has 0 saturated carbocycles. The van der Waals surface area contributed by atoms with Crippen LogP contribution in [0.15, 0.2) is 24.8 Å². The van der Waals surface area contributed by atoms with Crippen LogP contribution in [0, 0.1) is 5.92 Å². The minimum Gasteiger partial charge on any atom is -0.410 e. The van der Waals surface area contributed by atoms with E-state index in [1.807, 2.05) is 6.08 Å². The normalized spacial score (nSPS) is 26.1. The summed E-state index contributed by atoms with van der Waals surface area (Å²) in [7, 11) is -1.63. The van der Waals surface area contributed by atoms with E-state index in [0.29, 0.717) is 17.1 Å². The number of rotatable bonds is 4. The van der Waals surface area contributed by atoms with Gasteiger partial charge in [-0.05, 0) is 36.9 Å². The van der Waals surface area contributed by atoms with Crippen molar-refractivity contribution in [2.45, 2.75) is 57.8 Å². The first-order chi connectivity index (χ1) is 7.28. The Labute approximate surface area is 102 Å². The fourth-order valence-corrected chi connectivity index (χ4v) is 3.08. The highest BCUT2D eigenvalue weighted by Crippen LogP contribution is 2.39. The summed E-state index contributed by atoms with van der Waals surface area (Å²) in [6.07, 6.45) is 9.04. The summed E-state index contributed by atoms with van der Waals surface area (Å²) in [5.41, 5.74) is 0. The van der Waals surface area contributed by atoms with Crippen LogP contribution >= 0.6 is 0 Å². The van der Waals surface area contributed by atoms with Gasteiger partial charge in [-0.25, -0.2) is 0 Å². The molecule has 0 N–H and O–H groups in total. The topological polar surface area (TPSA) is 9.23 Å². The third kappa shape index (κ3) is 3.08. The Morgan fingerprint density at radius 2 is 2.06 bits per heavy atom. The fourth-order valence-electron chi connectivity index (χ4n) is 1.78. The Kier molecular flexibility index (Phi) is 4.19. The largest absolute Gasteiger partial charge is 0.410 e. The van der Waals surface area contributed by atoms with Gasteiger partial charge in [0, 0.05) is 0 Å². The maximum atomic E-state index is 6.43. The van der Waals surface area contributed by atoms with Crippen LogP contribution in [0.5, 0.6) is 0 Å². The van der Waals surface area contributed by atoms with Crippen molar-refractivity contribution >= 4 is 8.32 Å². The number of hydrogen-bond acceptors (Lipinski definition) is 1. The van der Waals surface area contributed by atoms with Crippen molar-refractivity contribution in [1.29, 1.82) is 0 Å². The van der Waals surface area contributed by atoms with Crippen molar-refractivity contribution < 1.29 is 4.43 Å². The summed E-state index contributed by atoms with van der Waals surface area (Å²) in [6.45, 7) is 15.4. The Bertz CT molecular complexity index is 273. The van der Waals surface area contributed by atoms with Crippen LogP contribution in [-0.2, 0) is 4.43 Å². The lowest BCUT2D eigenvalue weighted by atomic mass is 10.0. The maximum absolute atomic E-state index is 6.43. The third-order valence-corrected chi connectivity index (χ3v) is 8.41. The first-order valence-electron chi connectivity index (χ1n) is 6.23. The van der Waals surface area contributed by atoms with E-state index >= 15 is 0 Å². The highest BCUT2D eigenvalue weighted by Gasteiger charge is 2.40. The molecule has 0 heterocycles. The van der Waals surface area contributed by atoms with Gasteiger partial charge < -0.3 is 4.43 Å². The molecule has 0 aliphatic heterocycles. The molecular formula is C14H26OSi. The standard InChI is InChI=1S/C14H26OSi/c1-7-9-12-10-8-11-13(12)15-16(5,6)14(2,3)4/h7-8,11-13H,1,9-10H2,2-6H3/t12?,13-/m1/s1. The van der Waals surface area contributed by atoms with E-state index in [-0.39, 0.29) is 0 Å². The van der Waals surface area contributed by atoms with E-state index < -0.39 is 8.32 Å². The smallest absolute Gasteiger partial charge is 0.192 e. The molecule has 0 radical (unpaired) electrons.